The number of fused-ring (bicyclic) bond motifs is 1. The zero-order valence-electron chi connectivity index (χ0n) is 14.3. The monoisotopic (exact) mass is 412 g/mol. The van der Waals surface area contributed by atoms with E-state index < -0.39 is 0 Å². The summed E-state index contributed by atoms with van der Waals surface area (Å²) in [4.78, 5) is 10.8. The Morgan fingerprint density at radius 1 is 1.15 bits per heavy atom. The van der Waals surface area contributed by atoms with Crippen LogP contribution in [-0.2, 0) is 6.54 Å². The van der Waals surface area contributed by atoms with Gasteiger partial charge in [0.25, 0.3) is 0 Å². The number of hydrogen-bond donors (Lipinski definition) is 1. The van der Waals surface area contributed by atoms with E-state index in [0.29, 0.717) is 5.82 Å². The van der Waals surface area contributed by atoms with Gasteiger partial charge in [0.15, 0.2) is 11.5 Å². The van der Waals surface area contributed by atoms with E-state index in [-0.39, 0.29) is 0 Å². The number of nitrogens with one attached hydrogen (secondary N) is 1. The highest BCUT2D eigenvalue weighted by atomic mass is 79.9. The summed E-state index contributed by atoms with van der Waals surface area (Å²) in [7, 11) is 4.01. The molecule has 4 rings (SSSR count). The third-order valence-electron chi connectivity index (χ3n) is 3.80. The Bertz CT molecular complexity index is 1030. The van der Waals surface area contributed by atoms with Crippen molar-refractivity contribution in [1.29, 1.82) is 0 Å². The van der Waals surface area contributed by atoms with Gasteiger partial charge in [-0.25, -0.2) is 14.6 Å². The molecule has 0 radical (unpaired) electrons. The van der Waals surface area contributed by atoms with E-state index in [1.807, 2.05) is 55.2 Å². The summed E-state index contributed by atoms with van der Waals surface area (Å²) in [5.41, 5.74) is 3.55. The van der Waals surface area contributed by atoms with Gasteiger partial charge in [-0.3, -0.25) is 4.40 Å². The molecule has 1 aromatic carbocycles. The maximum atomic E-state index is 4.41. The average Bonchev–Trinajstić information content (AvgIpc) is 3.28. The third-order valence-corrected chi connectivity index (χ3v) is 4.38. The fraction of sp³-hybridized carbons (Fsp3) is 0.176. The molecule has 0 aliphatic carbocycles. The van der Waals surface area contributed by atoms with E-state index in [1.54, 1.807) is 17.1 Å². The zero-order chi connectivity index (χ0) is 18.1. The summed E-state index contributed by atoms with van der Waals surface area (Å²) in [6, 6.07) is 7.92. The van der Waals surface area contributed by atoms with Crippen LogP contribution in [0.15, 0.2) is 53.7 Å². The van der Waals surface area contributed by atoms with Gasteiger partial charge in [0, 0.05) is 24.6 Å². The topological polar surface area (TPSA) is 76.2 Å². The summed E-state index contributed by atoms with van der Waals surface area (Å²) in [5, 5.41) is 11.7. The van der Waals surface area contributed by atoms with Crippen molar-refractivity contribution in [3.8, 4) is 5.69 Å². The van der Waals surface area contributed by atoms with Gasteiger partial charge in [-0.1, -0.05) is 5.21 Å². The molecule has 0 fully saturated rings. The Hall–Kier alpha value is -2.78. The van der Waals surface area contributed by atoms with E-state index in [1.165, 1.54) is 0 Å². The standard InChI is InChI=1S/C17H17BrN8/c1-24(2)10-13-11-26(23-22-13)14-5-3-12(4-6-14)21-16-17-19-7-8-25(17)15(18)9-20-16/h3-9,11H,10H2,1-2H3,(H,20,21). The molecule has 1 N–H and O–H groups in total. The van der Waals surface area contributed by atoms with Gasteiger partial charge < -0.3 is 10.2 Å². The molecule has 9 heteroatoms. The van der Waals surface area contributed by atoms with E-state index >= 15 is 0 Å². The number of benzene rings is 1. The normalized spacial score (nSPS) is 11.4. The lowest BCUT2D eigenvalue weighted by Crippen LogP contribution is -2.10. The molecule has 26 heavy (non-hydrogen) atoms. The predicted molar refractivity (Wildman–Crippen MR) is 103 cm³/mol. The van der Waals surface area contributed by atoms with E-state index in [9.17, 15) is 0 Å². The van der Waals surface area contributed by atoms with Crippen molar-refractivity contribution >= 4 is 33.1 Å². The van der Waals surface area contributed by atoms with Crippen LogP contribution >= 0.6 is 15.9 Å². The molecule has 0 unspecified atom stereocenters. The fourth-order valence-electron chi connectivity index (χ4n) is 2.63. The largest absolute Gasteiger partial charge is 0.337 e. The zero-order valence-corrected chi connectivity index (χ0v) is 15.9. The minimum atomic E-state index is 0.694. The van der Waals surface area contributed by atoms with Crippen molar-refractivity contribution in [2.45, 2.75) is 6.54 Å². The molecule has 0 amide bonds. The van der Waals surface area contributed by atoms with Crippen LogP contribution in [0.5, 0.6) is 0 Å². The van der Waals surface area contributed by atoms with E-state index in [2.05, 4.69) is 46.4 Å². The molecule has 0 aliphatic heterocycles. The first kappa shape index (κ1) is 16.7. The lowest BCUT2D eigenvalue weighted by molar-refractivity contribution is 0.396. The smallest absolute Gasteiger partial charge is 0.181 e. The van der Waals surface area contributed by atoms with Gasteiger partial charge >= 0.3 is 0 Å². The number of aromatic nitrogens is 6. The van der Waals surface area contributed by atoms with Crippen molar-refractivity contribution in [1.82, 2.24) is 34.3 Å². The maximum absolute atomic E-state index is 4.41. The molecule has 132 valence electrons. The van der Waals surface area contributed by atoms with Crippen LogP contribution < -0.4 is 5.32 Å². The maximum Gasteiger partial charge on any atom is 0.181 e. The molecule has 3 heterocycles. The molecule has 0 saturated carbocycles. The number of halogens is 1. The molecular formula is C17H17BrN8. The van der Waals surface area contributed by atoms with Crippen molar-refractivity contribution < 1.29 is 0 Å². The van der Waals surface area contributed by atoms with Crippen molar-refractivity contribution in [2.75, 3.05) is 19.4 Å². The molecule has 0 aliphatic rings. The average molecular weight is 413 g/mol. The Morgan fingerprint density at radius 2 is 1.96 bits per heavy atom. The molecule has 4 aromatic rings. The summed E-state index contributed by atoms with van der Waals surface area (Å²) < 4.78 is 4.55. The van der Waals surface area contributed by atoms with Crippen LogP contribution in [0.3, 0.4) is 0 Å². The Balaban J connectivity index is 1.55. The lowest BCUT2D eigenvalue weighted by Gasteiger charge is -2.08. The van der Waals surface area contributed by atoms with Crippen LogP contribution in [0.2, 0.25) is 0 Å². The van der Waals surface area contributed by atoms with Crippen LogP contribution in [0, 0.1) is 0 Å². The molecule has 8 nitrogen and oxygen atoms in total. The highest BCUT2D eigenvalue weighted by molar-refractivity contribution is 9.10. The molecule has 0 bridgehead atoms. The first-order valence-electron chi connectivity index (χ1n) is 8.01. The Morgan fingerprint density at radius 3 is 2.73 bits per heavy atom. The first-order chi connectivity index (χ1) is 12.6. The minimum absolute atomic E-state index is 0.694. The lowest BCUT2D eigenvalue weighted by atomic mass is 10.3. The van der Waals surface area contributed by atoms with Gasteiger partial charge in [-0.15, -0.1) is 5.10 Å². The second kappa shape index (κ2) is 6.85. The van der Waals surface area contributed by atoms with Crippen molar-refractivity contribution in [3.63, 3.8) is 0 Å². The minimum Gasteiger partial charge on any atom is -0.337 e. The van der Waals surface area contributed by atoms with Gasteiger partial charge in [0.1, 0.15) is 4.60 Å². The Kier molecular flexibility index (Phi) is 4.39. The van der Waals surface area contributed by atoms with Crippen molar-refractivity contribution in [3.05, 3.63) is 59.3 Å². The highest BCUT2D eigenvalue weighted by Gasteiger charge is 2.08. The van der Waals surface area contributed by atoms with Crippen LogP contribution in [0.25, 0.3) is 11.3 Å². The summed E-state index contributed by atoms with van der Waals surface area (Å²) in [6.45, 7) is 0.759. The van der Waals surface area contributed by atoms with Gasteiger partial charge in [0.05, 0.1) is 23.8 Å². The summed E-state index contributed by atoms with van der Waals surface area (Å²) >= 11 is 3.46. The Labute approximate surface area is 158 Å². The molecular weight excluding hydrogens is 396 g/mol. The predicted octanol–water partition coefficient (Wildman–Crippen LogP) is 2.88. The van der Waals surface area contributed by atoms with Gasteiger partial charge in [-0.2, -0.15) is 0 Å². The third kappa shape index (κ3) is 3.31. The quantitative estimate of drug-likeness (QED) is 0.542. The SMILES string of the molecule is CN(C)Cc1cn(-c2ccc(Nc3ncc(Br)n4ccnc34)cc2)nn1. The molecule has 0 spiro atoms. The molecule has 0 atom stereocenters. The van der Waals surface area contributed by atoms with Crippen LogP contribution in [-0.4, -0.2) is 48.4 Å². The van der Waals surface area contributed by atoms with Gasteiger partial charge in [0.2, 0.25) is 0 Å². The van der Waals surface area contributed by atoms with E-state index in [4.69, 9.17) is 0 Å². The first-order valence-corrected chi connectivity index (χ1v) is 8.80. The molecule has 3 aromatic heterocycles. The summed E-state index contributed by atoms with van der Waals surface area (Å²) in [5.74, 6) is 0.694. The van der Waals surface area contributed by atoms with Gasteiger partial charge in [-0.05, 0) is 54.3 Å². The number of anilines is 2. The van der Waals surface area contributed by atoms with Crippen molar-refractivity contribution in [2.24, 2.45) is 0 Å². The number of hydrogen-bond acceptors (Lipinski definition) is 6. The van der Waals surface area contributed by atoms with Crippen LogP contribution in [0.4, 0.5) is 11.5 Å². The number of imidazole rings is 1. The number of rotatable bonds is 5. The second-order valence-corrected chi connectivity index (χ2v) is 6.93. The fourth-order valence-corrected chi connectivity index (χ4v) is 3.02. The number of nitrogens with zero attached hydrogens (tertiary/aromatic N) is 7. The van der Waals surface area contributed by atoms with Crippen LogP contribution in [0.1, 0.15) is 5.69 Å². The molecule has 0 saturated heterocycles. The van der Waals surface area contributed by atoms with E-state index in [0.717, 1.165) is 33.9 Å². The second-order valence-electron chi connectivity index (χ2n) is 6.11. The highest BCUT2D eigenvalue weighted by Crippen LogP contribution is 2.22. The summed E-state index contributed by atoms with van der Waals surface area (Å²) in [6.07, 6.45) is 7.30.